The number of fused-ring (bicyclic) bond motifs is 1. The molecule has 0 bridgehead atoms. The molecule has 2 heterocycles. The van der Waals surface area contributed by atoms with E-state index in [0.717, 1.165) is 21.0 Å². The number of carbonyl (C=O) groups excluding carboxylic acids is 1. The minimum atomic E-state index is -4.56. The number of anilines is 1. The summed E-state index contributed by atoms with van der Waals surface area (Å²) in [7, 11) is 0. The predicted molar refractivity (Wildman–Crippen MR) is 98.7 cm³/mol. The van der Waals surface area contributed by atoms with Gasteiger partial charge in [0.15, 0.2) is 10.8 Å². The number of halogens is 3. The van der Waals surface area contributed by atoms with Crippen molar-refractivity contribution in [1.82, 2.24) is 20.0 Å². The number of hydrogen-bond donors (Lipinski definition) is 1. The van der Waals surface area contributed by atoms with Gasteiger partial charge in [-0.05, 0) is 31.2 Å². The van der Waals surface area contributed by atoms with Crippen LogP contribution in [-0.2, 0) is 6.18 Å². The van der Waals surface area contributed by atoms with Gasteiger partial charge < -0.3 is 0 Å². The van der Waals surface area contributed by atoms with Gasteiger partial charge in [-0.15, -0.1) is 5.10 Å². The van der Waals surface area contributed by atoms with E-state index in [1.807, 2.05) is 24.3 Å². The number of hydrogen-bond acceptors (Lipinski definition) is 5. The fraction of sp³-hybridized carbons (Fsp3) is 0.111. The number of thiazole rings is 1. The first-order chi connectivity index (χ1) is 13.3. The van der Waals surface area contributed by atoms with Gasteiger partial charge in [-0.2, -0.15) is 13.2 Å². The summed E-state index contributed by atoms with van der Waals surface area (Å²) in [5.41, 5.74) is -0.200. The second-order valence-electron chi connectivity index (χ2n) is 5.89. The van der Waals surface area contributed by atoms with Gasteiger partial charge in [0.2, 0.25) is 0 Å². The Bertz CT molecular complexity index is 1150. The first kappa shape index (κ1) is 18.1. The lowest BCUT2D eigenvalue weighted by Gasteiger charge is -2.13. The van der Waals surface area contributed by atoms with Gasteiger partial charge in [0, 0.05) is 0 Å². The smallest absolute Gasteiger partial charge is 0.296 e. The summed E-state index contributed by atoms with van der Waals surface area (Å²) in [5.74, 6) is -0.590. The van der Waals surface area contributed by atoms with E-state index in [1.54, 1.807) is 0 Å². The lowest BCUT2D eigenvalue weighted by atomic mass is 10.1. The van der Waals surface area contributed by atoms with Crippen molar-refractivity contribution >= 4 is 32.6 Å². The Balaban J connectivity index is 1.66. The molecular formula is C18H12F3N5OS. The molecule has 6 nitrogen and oxygen atoms in total. The molecule has 10 heteroatoms. The van der Waals surface area contributed by atoms with E-state index in [9.17, 15) is 18.0 Å². The molecule has 2 aromatic carbocycles. The summed E-state index contributed by atoms with van der Waals surface area (Å²) in [6, 6.07) is 12.4. The topological polar surface area (TPSA) is 72.7 Å². The first-order valence-electron chi connectivity index (χ1n) is 8.10. The van der Waals surface area contributed by atoms with Crippen molar-refractivity contribution in [2.75, 3.05) is 5.32 Å². The van der Waals surface area contributed by atoms with Gasteiger partial charge in [-0.25, -0.2) is 9.67 Å². The zero-order chi connectivity index (χ0) is 19.9. The van der Waals surface area contributed by atoms with E-state index in [0.29, 0.717) is 5.13 Å². The van der Waals surface area contributed by atoms with Crippen LogP contribution >= 0.6 is 11.3 Å². The summed E-state index contributed by atoms with van der Waals surface area (Å²) < 4.78 is 41.7. The third kappa shape index (κ3) is 3.22. The van der Waals surface area contributed by atoms with Crippen LogP contribution in [0.3, 0.4) is 0 Å². The van der Waals surface area contributed by atoms with E-state index in [2.05, 4.69) is 20.6 Å². The molecule has 0 atom stereocenters. The molecule has 0 spiro atoms. The fourth-order valence-electron chi connectivity index (χ4n) is 2.75. The Labute approximate surface area is 160 Å². The molecule has 28 heavy (non-hydrogen) atoms. The molecule has 1 N–H and O–H groups in total. The highest BCUT2D eigenvalue weighted by atomic mass is 32.1. The number of benzene rings is 2. The molecule has 142 valence electrons. The standard InChI is InChI=1S/C18H12F3N5OS/c1-10-15(16(27)23-17-22-12-7-3-5-9-14(12)28-17)24-25-26(10)13-8-4-2-6-11(13)18(19,20)21/h2-9H,1H3,(H,22,23,27). The minimum absolute atomic E-state index is 0.0729. The molecule has 4 rings (SSSR count). The zero-order valence-electron chi connectivity index (χ0n) is 14.4. The van der Waals surface area contributed by atoms with Gasteiger partial charge in [-0.1, -0.05) is 40.8 Å². The predicted octanol–water partition coefficient (Wildman–Crippen LogP) is 4.46. The Morgan fingerprint density at radius 3 is 2.57 bits per heavy atom. The molecule has 0 aliphatic rings. The third-order valence-corrected chi connectivity index (χ3v) is 5.01. The number of alkyl halides is 3. The van der Waals surface area contributed by atoms with Crippen molar-refractivity contribution in [2.24, 2.45) is 0 Å². The number of amides is 1. The van der Waals surface area contributed by atoms with Gasteiger partial charge in [-0.3, -0.25) is 10.1 Å². The number of rotatable bonds is 3. The van der Waals surface area contributed by atoms with Crippen molar-refractivity contribution < 1.29 is 18.0 Å². The van der Waals surface area contributed by atoms with Gasteiger partial charge in [0.25, 0.3) is 5.91 Å². The van der Waals surface area contributed by atoms with Crippen molar-refractivity contribution in [1.29, 1.82) is 0 Å². The van der Waals surface area contributed by atoms with Crippen LogP contribution in [0.5, 0.6) is 0 Å². The second kappa shape index (κ2) is 6.71. The van der Waals surface area contributed by atoms with Crippen molar-refractivity contribution in [2.45, 2.75) is 13.1 Å². The minimum Gasteiger partial charge on any atom is -0.296 e. The molecule has 0 saturated heterocycles. The van der Waals surface area contributed by atoms with Crippen molar-refractivity contribution in [3.63, 3.8) is 0 Å². The molecule has 1 amide bonds. The van der Waals surface area contributed by atoms with Gasteiger partial charge in [0.1, 0.15) is 0 Å². The van der Waals surface area contributed by atoms with Crippen LogP contribution in [0.2, 0.25) is 0 Å². The van der Waals surface area contributed by atoms with Gasteiger partial charge in [0.05, 0.1) is 27.2 Å². The van der Waals surface area contributed by atoms with Crippen LogP contribution in [0, 0.1) is 6.92 Å². The molecule has 4 aromatic rings. The third-order valence-electron chi connectivity index (χ3n) is 4.06. The Morgan fingerprint density at radius 1 is 1.11 bits per heavy atom. The van der Waals surface area contributed by atoms with Crippen LogP contribution in [0.1, 0.15) is 21.7 Å². The maximum absolute atomic E-state index is 13.3. The summed E-state index contributed by atoms with van der Waals surface area (Å²) in [4.78, 5) is 16.9. The van der Waals surface area contributed by atoms with Crippen molar-refractivity contribution in [3.8, 4) is 5.69 Å². The van der Waals surface area contributed by atoms with E-state index in [1.165, 1.54) is 36.5 Å². The maximum Gasteiger partial charge on any atom is 0.418 e. The average molecular weight is 403 g/mol. The highest BCUT2D eigenvalue weighted by molar-refractivity contribution is 7.22. The molecule has 0 fully saturated rings. The van der Waals surface area contributed by atoms with Crippen LogP contribution in [0.25, 0.3) is 15.9 Å². The Morgan fingerprint density at radius 2 is 1.82 bits per heavy atom. The Hall–Kier alpha value is -3.27. The fourth-order valence-corrected chi connectivity index (χ4v) is 3.61. The van der Waals surface area contributed by atoms with E-state index in [4.69, 9.17) is 0 Å². The summed E-state index contributed by atoms with van der Waals surface area (Å²) in [5, 5.41) is 10.5. The lowest BCUT2D eigenvalue weighted by molar-refractivity contribution is -0.137. The van der Waals surface area contributed by atoms with Crippen LogP contribution in [-0.4, -0.2) is 25.9 Å². The van der Waals surface area contributed by atoms with Crippen molar-refractivity contribution in [3.05, 3.63) is 65.5 Å². The molecule has 0 aliphatic heterocycles. The second-order valence-corrected chi connectivity index (χ2v) is 6.92. The first-order valence-corrected chi connectivity index (χ1v) is 8.92. The highest BCUT2D eigenvalue weighted by Gasteiger charge is 2.34. The van der Waals surface area contributed by atoms with E-state index >= 15 is 0 Å². The average Bonchev–Trinajstić information content (AvgIpc) is 3.23. The zero-order valence-corrected chi connectivity index (χ0v) is 15.2. The highest BCUT2D eigenvalue weighted by Crippen LogP contribution is 2.34. The van der Waals surface area contributed by atoms with Crippen LogP contribution in [0.4, 0.5) is 18.3 Å². The molecule has 2 aromatic heterocycles. The normalized spacial score (nSPS) is 11.7. The van der Waals surface area contributed by atoms with E-state index < -0.39 is 17.6 Å². The number of carbonyl (C=O) groups is 1. The molecule has 0 saturated carbocycles. The number of nitrogens with zero attached hydrogens (tertiary/aromatic N) is 4. The molecular weight excluding hydrogens is 391 g/mol. The number of aromatic nitrogens is 4. The summed E-state index contributed by atoms with van der Waals surface area (Å²) in [6.45, 7) is 1.49. The monoisotopic (exact) mass is 403 g/mol. The lowest BCUT2D eigenvalue weighted by Crippen LogP contribution is -2.15. The summed E-state index contributed by atoms with van der Waals surface area (Å²) >= 11 is 1.29. The van der Waals surface area contributed by atoms with Crippen LogP contribution < -0.4 is 5.32 Å². The molecule has 0 aliphatic carbocycles. The molecule has 0 radical (unpaired) electrons. The Kier molecular flexibility index (Phi) is 4.34. The maximum atomic E-state index is 13.3. The number of para-hydroxylation sites is 2. The van der Waals surface area contributed by atoms with Gasteiger partial charge >= 0.3 is 6.18 Å². The quantitative estimate of drug-likeness (QED) is 0.548. The van der Waals surface area contributed by atoms with Crippen LogP contribution in [0.15, 0.2) is 48.5 Å². The number of nitrogens with one attached hydrogen (secondary N) is 1. The molecule has 0 unspecified atom stereocenters. The summed E-state index contributed by atoms with van der Waals surface area (Å²) in [6.07, 6.45) is -4.56. The SMILES string of the molecule is Cc1c(C(=O)Nc2nc3ccccc3s2)nnn1-c1ccccc1C(F)(F)F. The largest absolute Gasteiger partial charge is 0.418 e. The van der Waals surface area contributed by atoms with E-state index in [-0.39, 0.29) is 17.1 Å².